The summed E-state index contributed by atoms with van der Waals surface area (Å²) in [5.74, 6) is 2.52. The summed E-state index contributed by atoms with van der Waals surface area (Å²) in [6.07, 6.45) is 16.4. The number of aryl methyl sites for hydroxylation is 1. The van der Waals surface area contributed by atoms with E-state index in [1.807, 2.05) is 6.20 Å². The quantitative estimate of drug-likeness (QED) is 0.612. The fraction of sp³-hybridized carbons (Fsp3) is 0.655. The first-order chi connectivity index (χ1) is 17.7. The lowest BCUT2D eigenvalue weighted by molar-refractivity contribution is 0.116. The molecular formula is C29H43N7. The minimum Gasteiger partial charge on any atom is -0.355 e. The van der Waals surface area contributed by atoms with Crippen LogP contribution in [-0.2, 0) is 6.42 Å². The number of likely N-dealkylation sites (tertiary alicyclic amines) is 1. The van der Waals surface area contributed by atoms with Crippen LogP contribution in [0.2, 0.25) is 0 Å². The summed E-state index contributed by atoms with van der Waals surface area (Å²) in [6.45, 7) is 8.96. The van der Waals surface area contributed by atoms with Gasteiger partial charge < -0.3 is 19.6 Å². The average molecular weight is 490 g/mol. The fourth-order valence-corrected chi connectivity index (χ4v) is 6.87. The maximum Gasteiger partial charge on any atom is 0.129 e. The first-order valence-corrected chi connectivity index (χ1v) is 14.2. The molecular weight excluding hydrogens is 446 g/mol. The number of aliphatic imine (C=N–C) groups is 1. The number of nitrogens with zero attached hydrogens (tertiary/aromatic N) is 7. The molecule has 0 aromatic carbocycles. The standard InChI is InChI=1S/C29H43N7/c1-32-17-19-35(20-18-32)28-13-7-12-27-31-24(26(36(27)28)22-34-15-4-3-5-16-34)21-33(2)25-11-6-9-23-10-8-14-30-29(23)25/h7-8,10,12-14,24-26H,3-6,9,11,15-22H2,1-2H3/t24?,25-,26?/m0/s1. The number of allylic oxidation sites excluding steroid dienone is 2. The summed E-state index contributed by atoms with van der Waals surface area (Å²) in [6, 6.07) is 5.40. The Morgan fingerprint density at radius 2 is 1.86 bits per heavy atom. The topological polar surface area (TPSA) is 41.5 Å². The SMILES string of the molecule is CN1CCN(C2=CC=CC3=NC(CN(C)[C@H]4CCCc5cccnc54)C(CN4CCCCC4)N23)CC1. The molecule has 6 rings (SSSR count). The molecule has 5 aliphatic rings. The second kappa shape index (κ2) is 10.6. The highest BCUT2D eigenvalue weighted by atomic mass is 15.4. The van der Waals surface area contributed by atoms with E-state index in [0.717, 1.165) is 51.5 Å². The maximum atomic E-state index is 5.40. The van der Waals surface area contributed by atoms with Gasteiger partial charge in [-0.25, -0.2) is 0 Å². The number of likely N-dealkylation sites (N-methyl/N-ethyl adjacent to an activating group) is 2. The third-order valence-electron chi connectivity index (χ3n) is 8.95. The van der Waals surface area contributed by atoms with Gasteiger partial charge in [-0.3, -0.25) is 14.9 Å². The number of rotatable bonds is 6. The molecule has 0 bridgehead atoms. The molecule has 0 N–H and O–H groups in total. The van der Waals surface area contributed by atoms with Crippen molar-refractivity contribution >= 4 is 5.84 Å². The number of hydrogen-bond acceptors (Lipinski definition) is 7. The Bertz CT molecular complexity index is 1000. The lowest BCUT2D eigenvalue weighted by Crippen LogP contribution is -2.55. The van der Waals surface area contributed by atoms with Gasteiger partial charge in [0.15, 0.2) is 0 Å². The van der Waals surface area contributed by atoms with Gasteiger partial charge in [0, 0.05) is 45.5 Å². The van der Waals surface area contributed by atoms with Gasteiger partial charge in [-0.15, -0.1) is 0 Å². The Kier molecular flexibility index (Phi) is 7.13. The van der Waals surface area contributed by atoms with Crippen molar-refractivity contribution in [3.05, 3.63) is 53.6 Å². The Morgan fingerprint density at radius 1 is 1.03 bits per heavy atom. The zero-order valence-corrected chi connectivity index (χ0v) is 22.2. The molecule has 1 aromatic heterocycles. The van der Waals surface area contributed by atoms with Crippen LogP contribution in [0.4, 0.5) is 0 Å². The highest BCUT2D eigenvalue weighted by Crippen LogP contribution is 2.35. The number of amidine groups is 1. The summed E-state index contributed by atoms with van der Waals surface area (Å²) < 4.78 is 0. The van der Waals surface area contributed by atoms with Gasteiger partial charge in [-0.05, 0) is 83.1 Å². The van der Waals surface area contributed by atoms with Crippen LogP contribution < -0.4 is 0 Å². The van der Waals surface area contributed by atoms with Gasteiger partial charge in [0.1, 0.15) is 11.7 Å². The van der Waals surface area contributed by atoms with E-state index in [2.05, 4.69) is 69.0 Å². The molecule has 2 fully saturated rings. The Hall–Kier alpha value is -2.22. The predicted octanol–water partition coefficient (Wildman–Crippen LogP) is 2.99. The van der Waals surface area contributed by atoms with Crippen LogP contribution in [0, 0.1) is 0 Å². The third-order valence-corrected chi connectivity index (χ3v) is 8.95. The summed E-state index contributed by atoms with van der Waals surface area (Å²) in [5, 5.41) is 0. The van der Waals surface area contributed by atoms with E-state index >= 15 is 0 Å². The molecule has 4 aliphatic heterocycles. The summed E-state index contributed by atoms with van der Waals surface area (Å²) in [7, 11) is 4.54. The fourth-order valence-electron chi connectivity index (χ4n) is 6.87. The molecule has 5 heterocycles. The van der Waals surface area contributed by atoms with E-state index < -0.39 is 0 Å². The van der Waals surface area contributed by atoms with E-state index in [9.17, 15) is 0 Å². The molecule has 2 unspecified atom stereocenters. The van der Waals surface area contributed by atoms with Crippen molar-refractivity contribution in [1.29, 1.82) is 0 Å². The van der Waals surface area contributed by atoms with Crippen molar-refractivity contribution in [3.63, 3.8) is 0 Å². The van der Waals surface area contributed by atoms with E-state index in [1.165, 1.54) is 62.3 Å². The van der Waals surface area contributed by atoms with Crippen LogP contribution in [0.3, 0.4) is 0 Å². The number of pyridine rings is 1. The second-order valence-corrected chi connectivity index (χ2v) is 11.4. The number of fused-ring (bicyclic) bond motifs is 2. The molecule has 0 saturated carbocycles. The minimum absolute atomic E-state index is 0.264. The molecule has 2 saturated heterocycles. The van der Waals surface area contributed by atoms with Crippen molar-refractivity contribution in [3.8, 4) is 0 Å². The van der Waals surface area contributed by atoms with Gasteiger partial charge in [0.05, 0.1) is 23.8 Å². The molecule has 0 radical (unpaired) electrons. The minimum atomic E-state index is 0.264. The monoisotopic (exact) mass is 489 g/mol. The number of piperazine rings is 1. The van der Waals surface area contributed by atoms with Gasteiger partial charge >= 0.3 is 0 Å². The summed E-state index contributed by atoms with van der Waals surface area (Å²) >= 11 is 0. The van der Waals surface area contributed by atoms with Crippen molar-refractivity contribution in [1.82, 2.24) is 29.5 Å². The largest absolute Gasteiger partial charge is 0.355 e. The van der Waals surface area contributed by atoms with Gasteiger partial charge in [0.25, 0.3) is 0 Å². The zero-order chi connectivity index (χ0) is 24.5. The van der Waals surface area contributed by atoms with Crippen molar-refractivity contribution in [2.24, 2.45) is 4.99 Å². The molecule has 7 nitrogen and oxygen atoms in total. The van der Waals surface area contributed by atoms with Crippen molar-refractivity contribution < 1.29 is 0 Å². The molecule has 0 amide bonds. The molecule has 3 atom stereocenters. The lowest BCUT2D eigenvalue weighted by Gasteiger charge is -2.44. The maximum absolute atomic E-state index is 5.40. The smallest absolute Gasteiger partial charge is 0.129 e. The Labute approximate surface area is 217 Å². The average Bonchev–Trinajstić information content (AvgIpc) is 3.26. The highest BCUT2D eigenvalue weighted by Gasteiger charge is 2.42. The van der Waals surface area contributed by atoms with Gasteiger partial charge in [0.2, 0.25) is 0 Å². The molecule has 0 spiro atoms. The molecule has 7 heteroatoms. The Balaban J connectivity index is 1.24. The zero-order valence-electron chi connectivity index (χ0n) is 22.2. The van der Waals surface area contributed by atoms with Crippen LogP contribution in [0.1, 0.15) is 49.4 Å². The second-order valence-electron chi connectivity index (χ2n) is 11.4. The molecule has 1 aromatic rings. The first-order valence-electron chi connectivity index (χ1n) is 14.2. The first kappa shape index (κ1) is 24.1. The van der Waals surface area contributed by atoms with Gasteiger partial charge in [-0.2, -0.15) is 0 Å². The number of hydrogen-bond donors (Lipinski definition) is 0. The highest BCUT2D eigenvalue weighted by molar-refractivity contribution is 5.97. The van der Waals surface area contributed by atoms with Crippen LogP contribution in [0.15, 0.2) is 47.4 Å². The van der Waals surface area contributed by atoms with E-state index in [4.69, 9.17) is 9.98 Å². The molecule has 36 heavy (non-hydrogen) atoms. The lowest BCUT2D eigenvalue weighted by atomic mass is 9.90. The molecule has 1 aliphatic carbocycles. The summed E-state index contributed by atoms with van der Waals surface area (Å²) in [4.78, 5) is 23.1. The number of aromatic nitrogens is 1. The predicted molar refractivity (Wildman–Crippen MR) is 146 cm³/mol. The van der Waals surface area contributed by atoms with E-state index in [0.29, 0.717) is 12.1 Å². The van der Waals surface area contributed by atoms with Crippen LogP contribution in [0.25, 0.3) is 0 Å². The van der Waals surface area contributed by atoms with Crippen LogP contribution in [-0.4, -0.2) is 114 Å². The third kappa shape index (κ3) is 4.85. The van der Waals surface area contributed by atoms with Crippen molar-refractivity contribution in [2.45, 2.75) is 56.7 Å². The van der Waals surface area contributed by atoms with E-state index in [-0.39, 0.29) is 6.04 Å². The van der Waals surface area contributed by atoms with E-state index in [1.54, 1.807) is 0 Å². The normalized spacial score (nSPS) is 29.2. The van der Waals surface area contributed by atoms with Crippen molar-refractivity contribution in [2.75, 3.05) is 66.5 Å². The Morgan fingerprint density at radius 3 is 2.69 bits per heavy atom. The van der Waals surface area contributed by atoms with Gasteiger partial charge in [-0.1, -0.05) is 18.6 Å². The molecule has 194 valence electrons. The number of piperidine rings is 1. The summed E-state index contributed by atoms with van der Waals surface area (Å²) in [5.41, 5.74) is 2.73. The van der Waals surface area contributed by atoms with Crippen LogP contribution in [0.5, 0.6) is 0 Å². The van der Waals surface area contributed by atoms with Crippen LogP contribution >= 0.6 is 0 Å².